The zero-order chi connectivity index (χ0) is 18.1. The van der Waals surface area contributed by atoms with Crippen LogP contribution in [-0.4, -0.2) is 19.1 Å². The molecule has 1 aromatic heterocycles. The molecular weight excluding hydrogens is 326 g/mol. The molecular formula is C18H15NO6. The van der Waals surface area contributed by atoms with Gasteiger partial charge in [0, 0.05) is 23.6 Å². The van der Waals surface area contributed by atoms with Gasteiger partial charge in [-0.1, -0.05) is 0 Å². The summed E-state index contributed by atoms with van der Waals surface area (Å²) in [6.07, 6.45) is 0. The van der Waals surface area contributed by atoms with Crippen molar-refractivity contribution in [2.45, 2.75) is 6.92 Å². The second-order valence-electron chi connectivity index (χ2n) is 5.40. The Kier molecular flexibility index (Phi) is 4.14. The highest BCUT2D eigenvalue weighted by molar-refractivity contribution is 5.89. The molecule has 0 radical (unpaired) electrons. The van der Waals surface area contributed by atoms with Crippen LogP contribution in [0, 0.1) is 17.0 Å². The molecule has 0 N–H and O–H groups in total. The number of hydrogen-bond acceptors (Lipinski definition) is 6. The molecule has 0 spiro atoms. The van der Waals surface area contributed by atoms with Gasteiger partial charge in [-0.25, -0.2) is 4.79 Å². The van der Waals surface area contributed by atoms with Crippen molar-refractivity contribution < 1.29 is 18.8 Å². The van der Waals surface area contributed by atoms with E-state index in [-0.39, 0.29) is 5.69 Å². The van der Waals surface area contributed by atoms with Gasteiger partial charge in [0.05, 0.1) is 24.7 Å². The van der Waals surface area contributed by atoms with Crippen molar-refractivity contribution in [1.82, 2.24) is 0 Å². The number of hydrogen-bond donors (Lipinski definition) is 0. The summed E-state index contributed by atoms with van der Waals surface area (Å²) in [5.41, 5.74) is 1.42. The normalized spacial score (nSPS) is 10.7. The molecule has 0 saturated carbocycles. The predicted molar refractivity (Wildman–Crippen MR) is 92.4 cm³/mol. The van der Waals surface area contributed by atoms with E-state index in [9.17, 15) is 14.9 Å². The quantitative estimate of drug-likeness (QED) is 0.408. The van der Waals surface area contributed by atoms with Gasteiger partial charge in [-0.15, -0.1) is 0 Å². The number of fused-ring (bicyclic) bond motifs is 1. The largest absolute Gasteiger partial charge is 0.493 e. The molecule has 2 aromatic carbocycles. The zero-order valence-corrected chi connectivity index (χ0v) is 13.9. The molecule has 1 heterocycles. The summed E-state index contributed by atoms with van der Waals surface area (Å²) in [5, 5.41) is 11.5. The zero-order valence-electron chi connectivity index (χ0n) is 13.9. The lowest BCUT2D eigenvalue weighted by atomic mass is 9.99. The predicted octanol–water partition coefficient (Wildman–Crippen LogP) is 3.69. The number of non-ortho nitro benzene ring substituents is 1. The van der Waals surface area contributed by atoms with Gasteiger partial charge in [0.15, 0.2) is 11.5 Å². The molecule has 0 aliphatic carbocycles. The molecule has 0 saturated heterocycles. The lowest BCUT2D eigenvalue weighted by molar-refractivity contribution is -0.384. The molecule has 3 rings (SSSR count). The van der Waals surface area contributed by atoms with Gasteiger partial charge < -0.3 is 13.9 Å². The SMILES string of the molecule is COc1cc2oc(=O)c(-c3ccc([N+](=O)[O-])cc3)c(C)c2cc1OC. The Labute approximate surface area is 142 Å². The van der Waals surface area contributed by atoms with Crippen LogP contribution in [0.2, 0.25) is 0 Å². The number of nitro benzene ring substituents is 1. The molecule has 0 atom stereocenters. The standard InChI is InChI=1S/C18H15NO6/c1-10-13-8-15(23-2)16(24-3)9-14(13)25-18(20)17(10)11-4-6-12(7-5-11)19(21)22/h4-9H,1-3H3. The maximum Gasteiger partial charge on any atom is 0.344 e. The molecule has 0 bridgehead atoms. The molecule has 7 heteroatoms. The summed E-state index contributed by atoms with van der Waals surface area (Å²) in [5.74, 6) is 0.974. The average molecular weight is 341 g/mol. The number of aryl methyl sites for hydroxylation is 1. The van der Waals surface area contributed by atoms with Gasteiger partial charge in [-0.2, -0.15) is 0 Å². The third-order valence-electron chi connectivity index (χ3n) is 4.04. The van der Waals surface area contributed by atoms with E-state index < -0.39 is 10.5 Å². The Bertz CT molecular complexity index is 1020. The van der Waals surface area contributed by atoms with Crippen LogP contribution in [0.15, 0.2) is 45.6 Å². The van der Waals surface area contributed by atoms with Crippen LogP contribution in [0.5, 0.6) is 11.5 Å². The Morgan fingerprint density at radius 3 is 2.20 bits per heavy atom. The summed E-state index contributed by atoms with van der Waals surface area (Å²) in [7, 11) is 3.02. The van der Waals surface area contributed by atoms with Gasteiger partial charge >= 0.3 is 5.63 Å². The van der Waals surface area contributed by atoms with Crippen LogP contribution in [0.4, 0.5) is 5.69 Å². The van der Waals surface area contributed by atoms with Crippen molar-refractivity contribution in [3.63, 3.8) is 0 Å². The van der Waals surface area contributed by atoms with E-state index >= 15 is 0 Å². The van der Waals surface area contributed by atoms with Crippen molar-refractivity contribution in [3.05, 3.63) is 62.5 Å². The summed E-state index contributed by atoms with van der Waals surface area (Å²) in [4.78, 5) is 22.8. The third kappa shape index (κ3) is 2.80. The summed E-state index contributed by atoms with van der Waals surface area (Å²) >= 11 is 0. The number of benzene rings is 2. The molecule has 0 unspecified atom stereocenters. The first-order valence-electron chi connectivity index (χ1n) is 7.40. The van der Waals surface area contributed by atoms with Crippen LogP contribution in [0.3, 0.4) is 0 Å². The second-order valence-corrected chi connectivity index (χ2v) is 5.40. The molecule has 0 fully saturated rings. The van der Waals surface area contributed by atoms with Gasteiger partial charge in [0.1, 0.15) is 5.58 Å². The molecule has 0 aliphatic heterocycles. The van der Waals surface area contributed by atoms with E-state index in [0.29, 0.717) is 39.2 Å². The van der Waals surface area contributed by atoms with Crippen LogP contribution in [-0.2, 0) is 0 Å². The van der Waals surface area contributed by atoms with Crippen molar-refractivity contribution in [2.75, 3.05) is 14.2 Å². The maximum absolute atomic E-state index is 12.5. The summed E-state index contributed by atoms with van der Waals surface area (Å²) in [6.45, 7) is 1.79. The summed E-state index contributed by atoms with van der Waals surface area (Å²) in [6, 6.07) is 9.11. The highest BCUT2D eigenvalue weighted by atomic mass is 16.6. The Balaban J connectivity index is 2.25. The molecule has 0 aliphatic rings. The molecule has 3 aromatic rings. The topological polar surface area (TPSA) is 91.8 Å². The highest BCUT2D eigenvalue weighted by Crippen LogP contribution is 2.35. The Morgan fingerprint density at radius 1 is 1.04 bits per heavy atom. The second kappa shape index (κ2) is 6.27. The molecule has 7 nitrogen and oxygen atoms in total. The Hall–Kier alpha value is -3.35. The van der Waals surface area contributed by atoms with Crippen molar-refractivity contribution in [3.8, 4) is 22.6 Å². The monoisotopic (exact) mass is 341 g/mol. The van der Waals surface area contributed by atoms with Crippen molar-refractivity contribution >= 4 is 16.7 Å². The van der Waals surface area contributed by atoms with Gasteiger partial charge in [-0.05, 0) is 36.2 Å². The van der Waals surface area contributed by atoms with Gasteiger partial charge in [-0.3, -0.25) is 10.1 Å². The van der Waals surface area contributed by atoms with E-state index in [0.717, 1.165) is 0 Å². The van der Waals surface area contributed by atoms with E-state index in [1.54, 1.807) is 19.1 Å². The van der Waals surface area contributed by atoms with E-state index in [1.165, 1.54) is 38.5 Å². The first-order chi connectivity index (χ1) is 12.0. The number of nitro groups is 1. The molecule has 0 amide bonds. The van der Waals surface area contributed by atoms with Crippen molar-refractivity contribution in [1.29, 1.82) is 0 Å². The molecule has 128 valence electrons. The van der Waals surface area contributed by atoms with Gasteiger partial charge in [0.25, 0.3) is 5.69 Å². The minimum Gasteiger partial charge on any atom is -0.493 e. The fraction of sp³-hybridized carbons (Fsp3) is 0.167. The van der Waals surface area contributed by atoms with E-state index in [2.05, 4.69) is 0 Å². The first-order valence-corrected chi connectivity index (χ1v) is 7.40. The number of nitrogens with zero attached hydrogens (tertiary/aromatic N) is 1. The third-order valence-corrected chi connectivity index (χ3v) is 4.04. The van der Waals surface area contributed by atoms with E-state index in [4.69, 9.17) is 13.9 Å². The van der Waals surface area contributed by atoms with E-state index in [1.807, 2.05) is 0 Å². The number of ether oxygens (including phenoxy) is 2. The average Bonchev–Trinajstić information content (AvgIpc) is 2.61. The minimum absolute atomic E-state index is 0.0435. The smallest absolute Gasteiger partial charge is 0.344 e. The summed E-state index contributed by atoms with van der Waals surface area (Å²) < 4.78 is 15.9. The molecule has 25 heavy (non-hydrogen) atoms. The number of rotatable bonds is 4. The fourth-order valence-electron chi connectivity index (χ4n) is 2.76. The van der Waals surface area contributed by atoms with Crippen LogP contribution in [0.1, 0.15) is 5.56 Å². The van der Waals surface area contributed by atoms with Crippen LogP contribution < -0.4 is 15.1 Å². The Morgan fingerprint density at radius 2 is 1.64 bits per heavy atom. The number of methoxy groups -OCH3 is 2. The van der Waals surface area contributed by atoms with Crippen LogP contribution in [0.25, 0.3) is 22.1 Å². The lowest BCUT2D eigenvalue weighted by Crippen LogP contribution is -2.06. The maximum atomic E-state index is 12.5. The van der Waals surface area contributed by atoms with Gasteiger partial charge in [0.2, 0.25) is 0 Å². The first kappa shape index (κ1) is 16.5. The highest BCUT2D eigenvalue weighted by Gasteiger charge is 2.17. The van der Waals surface area contributed by atoms with Crippen LogP contribution >= 0.6 is 0 Å². The lowest BCUT2D eigenvalue weighted by Gasteiger charge is -2.12. The fourth-order valence-corrected chi connectivity index (χ4v) is 2.76. The minimum atomic E-state index is -0.522. The van der Waals surface area contributed by atoms with Crippen molar-refractivity contribution in [2.24, 2.45) is 0 Å².